The summed E-state index contributed by atoms with van der Waals surface area (Å²) in [6.07, 6.45) is 0. The van der Waals surface area contributed by atoms with E-state index in [4.69, 9.17) is 5.73 Å². The second-order valence-electron chi connectivity index (χ2n) is 6.61. The Labute approximate surface area is 150 Å². The Morgan fingerprint density at radius 1 is 1.15 bits per heavy atom. The van der Waals surface area contributed by atoms with Gasteiger partial charge in [-0.25, -0.2) is 4.98 Å². The molecule has 8 heteroatoms. The quantitative estimate of drug-likeness (QED) is 0.426. The van der Waals surface area contributed by atoms with Crippen LogP contribution < -0.4 is 10.6 Å². The summed E-state index contributed by atoms with van der Waals surface area (Å²) in [6, 6.07) is 10.8. The van der Waals surface area contributed by atoms with Gasteiger partial charge >= 0.3 is 0 Å². The zero-order valence-corrected chi connectivity index (χ0v) is 14.5. The topological polar surface area (TPSA) is 104 Å². The lowest BCUT2D eigenvalue weighted by Crippen LogP contribution is -2.44. The number of fused-ring (bicyclic) bond motifs is 1. The molecule has 0 amide bonds. The van der Waals surface area contributed by atoms with Crippen LogP contribution in [0.1, 0.15) is 0 Å². The summed E-state index contributed by atoms with van der Waals surface area (Å²) in [5.74, 6) is 0.650. The van der Waals surface area contributed by atoms with Crippen molar-refractivity contribution in [3.05, 3.63) is 46.5 Å². The summed E-state index contributed by atoms with van der Waals surface area (Å²) in [5, 5.41) is 10.9. The van der Waals surface area contributed by atoms with Crippen LogP contribution in [0.5, 0.6) is 0 Å². The van der Waals surface area contributed by atoms with Crippen molar-refractivity contribution in [1.82, 2.24) is 14.9 Å². The molecule has 0 atom stereocenters. The van der Waals surface area contributed by atoms with Crippen LogP contribution in [0.3, 0.4) is 0 Å². The van der Waals surface area contributed by atoms with E-state index in [2.05, 4.69) is 38.9 Å². The van der Waals surface area contributed by atoms with Crippen LogP contribution >= 0.6 is 0 Å². The van der Waals surface area contributed by atoms with Gasteiger partial charge in [0, 0.05) is 43.5 Å². The number of nitro benzene ring substituents is 1. The molecule has 0 radical (unpaired) electrons. The summed E-state index contributed by atoms with van der Waals surface area (Å²) in [6.45, 7) is 4.10. The molecule has 1 fully saturated rings. The maximum atomic E-state index is 10.9. The largest absolute Gasteiger partial charge is 0.393 e. The monoisotopic (exact) mass is 352 g/mol. The normalized spacial score (nSPS) is 15.5. The first kappa shape index (κ1) is 16.3. The molecule has 3 N–H and O–H groups in total. The molecule has 1 saturated heterocycles. The lowest BCUT2D eigenvalue weighted by molar-refractivity contribution is -0.383. The number of nitrogens with one attached hydrogen (secondary N) is 1. The Hall–Kier alpha value is -3.13. The first-order valence-corrected chi connectivity index (χ1v) is 8.49. The highest BCUT2D eigenvalue weighted by Gasteiger charge is 2.16. The number of nitrogen functional groups attached to an aromatic ring is 1. The zero-order chi connectivity index (χ0) is 18.3. The van der Waals surface area contributed by atoms with E-state index < -0.39 is 4.92 Å². The van der Waals surface area contributed by atoms with Crippen molar-refractivity contribution in [2.24, 2.45) is 0 Å². The number of nitro groups is 1. The molecule has 2 aromatic carbocycles. The predicted molar refractivity (Wildman–Crippen MR) is 102 cm³/mol. The van der Waals surface area contributed by atoms with Crippen LogP contribution in [0.2, 0.25) is 0 Å². The molecule has 134 valence electrons. The molecule has 0 aliphatic carbocycles. The average Bonchev–Trinajstić information content (AvgIpc) is 3.05. The Balaban J connectivity index is 1.65. The fourth-order valence-corrected chi connectivity index (χ4v) is 3.26. The molecule has 8 nitrogen and oxygen atoms in total. The minimum atomic E-state index is -0.486. The highest BCUT2D eigenvalue weighted by atomic mass is 16.6. The van der Waals surface area contributed by atoms with Gasteiger partial charge in [-0.05, 0) is 37.4 Å². The van der Waals surface area contributed by atoms with E-state index in [0.29, 0.717) is 5.82 Å². The van der Waals surface area contributed by atoms with Crippen molar-refractivity contribution in [1.29, 1.82) is 0 Å². The minimum Gasteiger partial charge on any atom is -0.393 e. The van der Waals surface area contributed by atoms with Crippen molar-refractivity contribution in [2.45, 2.75) is 0 Å². The highest BCUT2D eigenvalue weighted by molar-refractivity contribution is 5.83. The lowest BCUT2D eigenvalue weighted by Gasteiger charge is -2.34. The number of aromatic amines is 1. The van der Waals surface area contributed by atoms with E-state index in [1.165, 1.54) is 11.8 Å². The molecule has 1 aromatic heterocycles. The molecule has 0 saturated carbocycles. The van der Waals surface area contributed by atoms with Gasteiger partial charge in [0.15, 0.2) is 0 Å². The maximum Gasteiger partial charge on any atom is 0.292 e. The molecule has 0 unspecified atom stereocenters. The second-order valence-corrected chi connectivity index (χ2v) is 6.61. The first-order chi connectivity index (χ1) is 12.5. The van der Waals surface area contributed by atoms with E-state index in [1.807, 2.05) is 6.07 Å². The Kier molecular flexibility index (Phi) is 3.96. The molecule has 2 heterocycles. The molecule has 4 rings (SSSR count). The molecule has 1 aliphatic rings. The highest BCUT2D eigenvalue weighted by Crippen LogP contribution is 2.29. The van der Waals surface area contributed by atoms with Gasteiger partial charge < -0.3 is 20.5 Å². The van der Waals surface area contributed by atoms with Gasteiger partial charge in [0.2, 0.25) is 0 Å². The van der Waals surface area contributed by atoms with E-state index in [0.717, 1.165) is 42.8 Å². The number of anilines is 2. The summed E-state index contributed by atoms with van der Waals surface area (Å²) in [5.41, 5.74) is 9.52. The molecular weight excluding hydrogens is 332 g/mol. The number of aromatic nitrogens is 2. The number of benzene rings is 2. The van der Waals surface area contributed by atoms with Crippen LogP contribution in [0, 0.1) is 10.1 Å². The third-order valence-electron chi connectivity index (χ3n) is 4.83. The van der Waals surface area contributed by atoms with Gasteiger partial charge in [-0.2, -0.15) is 0 Å². The maximum absolute atomic E-state index is 10.9. The number of hydrogen-bond donors (Lipinski definition) is 2. The fourth-order valence-electron chi connectivity index (χ4n) is 3.26. The third kappa shape index (κ3) is 2.95. The minimum absolute atomic E-state index is 0.0952. The van der Waals surface area contributed by atoms with Crippen molar-refractivity contribution in [3.8, 4) is 11.4 Å². The van der Waals surface area contributed by atoms with Gasteiger partial charge in [-0.1, -0.05) is 0 Å². The van der Waals surface area contributed by atoms with Crippen LogP contribution in [0.4, 0.5) is 17.1 Å². The van der Waals surface area contributed by atoms with Gasteiger partial charge in [0.1, 0.15) is 11.5 Å². The van der Waals surface area contributed by atoms with Crippen LogP contribution in [0.15, 0.2) is 36.4 Å². The van der Waals surface area contributed by atoms with Crippen molar-refractivity contribution in [3.63, 3.8) is 0 Å². The number of nitrogens with two attached hydrogens (primary N) is 1. The van der Waals surface area contributed by atoms with Crippen molar-refractivity contribution >= 4 is 28.1 Å². The second kappa shape index (κ2) is 6.30. The summed E-state index contributed by atoms with van der Waals surface area (Å²) in [7, 11) is 2.14. The molecule has 3 aromatic rings. The van der Waals surface area contributed by atoms with Crippen LogP contribution in [-0.2, 0) is 0 Å². The Morgan fingerprint density at radius 2 is 1.92 bits per heavy atom. The zero-order valence-electron chi connectivity index (χ0n) is 14.5. The van der Waals surface area contributed by atoms with Crippen molar-refractivity contribution < 1.29 is 4.92 Å². The van der Waals surface area contributed by atoms with E-state index in [1.54, 1.807) is 12.1 Å². The number of hydrogen-bond acceptors (Lipinski definition) is 6. The number of likely N-dealkylation sites (N-methyl/N-ethyl adjacent to an activating group) is 1. The van der Waals surface area contributed by atoms with Gasteiger partial charge in [-0.3, -0.25) is 10.1 Å². The number of H-pyrrole nitrogens is 1. The van der Waals surface area contributed by atoms with Crippen LogP contribution in [0.25, 0.3) is 22.4 Å². The molecule has 0 bridgehead atoms. The van der Waals surface area contributed by atoms with Crippen molar-refractivity contribution in [2.75, 3.05) is 43.9 Å². The summed E-state index contributed by atoms with van der Waals surface area (Å²) >= 11 is 0. The Bertz CT molecular complexity index is 975. The molecular formula is C18H20N6O2. The van der Waals surface area contributed by atoms with E-state index in [-0.39, 0.29) is 11.4 Å². The molecule has 0 spiro atoms. The summed E-state index contributed by atoms with van der Waals surface area (Å²) < 4.78 is 0. The smallest absolute Gasteiger partial charge is 0.292 e. The number of nitrogens with zero attached hydrogens (tertiary/aromatic N) is 4. The van der Waals surface area contributed by atoms with E-state index >= 15 is 0 Å². The summed E-state index contributed by atoms with van der Waals surface area (Å²) in [4.78, 5) is 23.0. The number of rotatable bonds is 3. The van der Waals surface area contributed by atoms with Gasteiger partial charge in [0.25, 0.3) is 5.69 Å². The number of piperazine rings is 1. The number of imidazole rings is 1. The van der Waals surface area contributed by atoms with Crippen LogP contribution in [-0.4, -0.2) is 53.0 Å². The average molecular weight is 352 g/mol. The Morgan fingerprint density at radius 3 is 2.62 bits per heavy atom. The lowest BCUT2D eigenvalue weighted by atomic mass is 10.1. The predicted octanol–water partition coefficient (Wildman–Crippen LogP) is 2.47. The SMILES string of the molecule is CN1CCN(c2ccc3nc(-c4ccc([N+](=O)[O-])c(N)c4)[nH]c3c2)CC1. The standard InChI is InChI=1S/C18H20N6O2/c1-22-6-8-23(9-7-22)13-3-4-15-16(11-13)21-18(20-15)12-2-5-17(24(25)26)14(19)10-12/h2-5,10-11H,6-9,19H2,1H3,(H,20,21). The van der Waals surface area contributed by atoms with E-state index in [9.17, 15) is 10.1 Å². The molecule has 26 heavy (non-hydrogen) atoms. The molecule has 1 aliphatic heterocycles. The van der Waals surface area contributed by atoms with Gasteiger partial charge in [0.05, 0.1) is 16.0 Å². The fraction of sp³-hybridized carbons (Fsp3) is 0.278. The first-order valence-electron chi connectivity index (χ1n) is 8.49. The van der Waals surface area contributed by atoms with Gasteiger partial charge in [-0.15, -0.1) is 0 Å². The third-order valence-corrected chi connectivity index (χ3v) is 4.83.